The zero-order valence-corrected chi connectivity index (χ0v) is 25.2. The summed E-state index contributed by atoms with van der Waals surface area (Å²) < 4.78 is 13.1. The molecule has 6 heterocycles. The number of hydrogen-bond donors (Lipinski definition) is 2. The molecule has 9 nitrogen and oxygen atoms in total. The van der Waals surface area contributed by atoms with Gasteiger partial charge in [-0.2, -0.15) is 9.97 Å². The molecule has 0 spiro atoms. The highest BCUT2D eigenvalue weighted by Gasteiger charge is 2.45. The van der Waals surface area contributed by atoms with Crippen LogP contribution < -0.4 is 19.7 Å². The lowest BCUT2D eigenvalue weighted by atomic mass is 9.95. The minimum absolute atomic E-state index is 0.0834. The number of aromatic hydroxyl groups is 1. The van der Waals surface area contributed by atoms with Gasteiger partial charge in [0, 0.05) is 35.6 Å². The minimum atomic E-state index is 0.0834. The zero-order valence-electron chi connectivity index (χ0n) is 25.2. The first-order valence-electron chi connectivity index (χ1n) is 16.0. The number of fused-ring (bicyclic) bond motifs is 4. The Hall–Kier alpha value is -4.13. The highest BCUT2D eigenvalue weighted by Crippen LogP contribution is 2.43. The first-order valence-corrected chi connectivity index (χ1v) is 16.0. The third-order valence-corrected chi connectivity index (χ3v) is 10.2. The smallest absolute Gasteiger partial charge is 0.319 e. The molecular formula is C35H38N6O3. The van der Waals surface area contributed by atoms with Gasteiger partial charge >= 0.3 is 6.01 Å². The lowest BCUT2D eigenvalue weighted by Gasteiger charge is -2.41. The number of nitrogens with zero attached hydrogens (tertiary/aromatic N) is 5. The molecule has 8 rings (SSSR count). The molecule has 0 radical (unpaired) electrons. The second-order valence-electron chi connectivity index (χ2n) is 12.7. The SMILES string of the molecule is C#Cc1cccc2cc(O)cc(-c3cc4nc(OCC56CCCN5CCC6)nc5c4c(n3)OCC3C(CCC)NCCN53)c12. The fraction of sp³-hybridized carbons (Fsp3) is 0.457. The number of pyridine rings is 1. The molecule has 0 amide bonds. The average molecular weight is 591 g/mol. The number of benzene rings is 2. The maximum absolute atomic E-state index is 10.7. The fourth-order valence-corrected chi connectivity index (χ4v) is 8.12. The van der Waals surface area contributed by atoms with Gasteiger partial charge in [0.2, 0.25) is 5.88 Å². The molecule has 4 aliphatic rings. The molecule has 3 fully saturated rings. The van der Waals surface area contributed by atoms with Crippen LogP contribution in [0.15, 0.2) is 36.4 Å². The van der Waals surface area contributed by atoms with Gasteiger partial charge in [0.25, 0.3) is 0 Å². The van der Waals surface area contributed by atoms with Crippen LogP contribution in [0.4, 0.5) is 5.82 Å². The first kappa shape index (κ1) is 27.4. The topological polar surface area (TPSA) is 95.9 Å². The Morgan fingerprint density at radius 3 is 2.80 bits per heavy atom. The van der Waals surface area contributed by atoms with Gasteiger partial charge in [-0.1, -0.05) is 31.4 Å². The first-order chi connectivity index (χ1) is 21.6. The number of hydrogen-bond acceptors (Lipinski definition) is 9. The summed E-state index contributed by atoms with van der Waals surface area (Å²) in [5.74, 6) is 4.27. The molecule has 9 heteroatoms. The number of ether oxygens (including phenoxy) is 2. The van der Waals surface area contributed by atoms with Gasteiger partial charge in [-0.3, -0.25) is 4.90 Å². The van der Waals surface area contributed by atoms with Crippen LogP contribution in [0.3, 0.4) is 0 Å². The molecular weight excluding hydrogens is 552 g/mol. The molecule has 2 atom stereocenters. The van der Waals surface area contributed by atoms with Crippen molar-refractivity contribution in [3.8, 4) is 41.2 Å². The van der Waals surface area contributed by atoms with Crippen molar-refractivity contribution >= 4 is 27.5 Å². The summed E-state index contributed by atoms with van der Waals surface area (Å²) in [5, 5.41) is 16.9. The molecule has 0 bridgehead atoms. The third kappa shape index (κ3) is 4.42. The Kier molecular flexibility index (Phi) is 6.73. The predicted octanol–water partition coefficient (Wildman–Crippen LogP) is 4.88. The minimum Gasteiger partial charge on any atom is -0.508 e. The summed E-state index contributed by atoms with van der Waals surface area (Å²) in [6.45, 7) is 7.24. The summed E-state index contributed by atoms with van der Waals surface area (Å²) in [7, 11) is 0. The summed E-state index contributed by atoms with van der Waals surface area (Å²) in [5.41, 5.74) is 2.89. The molecule has 3 saturated heterocycles. The van der Waals surface area contributed by atoms with Crippen molar-refractivity contribution < 1.29 is 14.6 Å². The maximum Gasteiger partial charge on any atom is 0.319 e. The molecule has 4 aromatic rings. The highest BCUT2D eigenvalue weighted by atomic mass is 16.5. The Bertz CT molecular complexity index is 1790. The molecule has 2 N–H and O–H groups in total. The van der Waals surface area contributed by atoms with Gasteiger partial charge in [-0.05, 0) is 74.8 Å². The molecule has 0 aliphatic carbocycles. The Balaban J connectivity index is 1.29. The molecule has 4 aliphatic heterocycles. The van der Waals surface area contributed by atoms with E-state index in [0.29, 0.717) is 36.3 Å². The van der Waals surface area contributed by atoms with E-state index in [1.807, 2.05) is 24.3 Å². The van der Waals surface area contributed by atoms with E-state index in [9.17, 15) is 5.11 Å². The molecule has 2 aromatic heterocycles. The molecule has 44 heavy (non-hydrogen) atoms. The lowest BCUT2D eigenvalue weighted by Crippen LogP contribution is -2.60. The lowest BCUT2D eigenvalue weighted by molar-refractivity contribution is 0.108. The predicted molar refractivity (Wildman–Crippen MR) is 171 cm³/mol. The van der Waals surface area contributed by atoms with Crippen molar-refractivity contribution in [2.75, 3.05) is 44.3 Å². The van der Waals surface area contributed by atoms with E-state index in [-0.39, 0.29) is 23.4 Å². The van der Waals surface area contributed by atoms with E-state index in [4.69, 9.17) is 30.8 Å². The van der Waals surface area contributed by atoms with Crippen molar-refractivity contribution in [1.82, 2.24) is 25.2 Å². The third-order valence-electron chi connectivity index (χ3n) is 10.2. The summed E-state index contributed by atoms with van der Waals surface area (Å²) in [6.07, 6.45) is 12.8. The number of terminal acetylenes is 1. The van der Waals surface area contributed by atoms with Gasteiger partial charge in [-0.25, -0.2) is 4.98 Å². The monoisotopic (exact) mass is 590 g/mol. The van der Waals surface area contributed by atoms with Gasteiger partial charge in [0.05, 0.1) is 22.8 Å². The van der Waals surface area contributed by atoms with Crippen LogP contribution >= 0.6 is 0 Å². The zero-order chi connectivity index (χ0) is 29.8. The Morgan fingerprint density at radius 1 is 1.11 bits per heavy atom. The second kappa shape index (κ2) is 10.8. The molecule has 226 valence electrons. The van der Waals surface area contributed by atoms with Gasteiger partial charge < -0.3 is 24.8 Å². The van der Waals surface area contributed by atoms with E-state index < -0.39 is 0 Å². The standard InChI is InChI=1S/C35H38N6O3/c1-3-8-26-29-20-43-33-31-28(19-27(37-33)25-18-24(42)17-23-10-5-9-22(4-2)30(23)25)38-34(39-32(31)41(29)16-13-36-26)44-21-35-11-6-14-40(35)15-7-12-35/h2,5,9-10,17-19,26,29,36,42H,3,6-8,11-16,20-21H2,1H3. The number of piperazine rings is 1. The number of nitrogens with one attached hydrogen (secondary N) is 1. The van der Waals surface area contributed by atoms with E-state index in [0.717, 1.165) is 85.0 Å². The highest BCUT2D eigenvalue weighted by molar-refractivity contribution is 6.03. The van der Waals surface area contributed by atoms with Crippen molar-refractivity contribution in [3.05, 3.63) is 42.0 Å². The van der Waals surface area contributed by atoms with E-state index in [2.05, 4.69) is 28.0 Å². The molecule has 0 saturated carbocycles. The number of phenolic OH excluding ortho intramolecular Hbond substituents is 1. The van der Waals surface area contributed by atoms with Crippen LogP contribution in [0.2, 0.25) is 0 Å². The second-order valence-corrected chi connectivity index (χ2v) is 12.7. The fourth-order valence-electron chi connectivity index (χ4n) is 8.12. The van der Waals surface area contributed by atoms with Gasteiger partial charge in [0.15, 0.2) is 0 Å². The molecule has 2 unspecified atom stereocenters. The number of anilines is 1. The number of aromatic nitrogens is 3. The normalized spacial score (nSPS) is 22.3. The van der Waals surface area contributed by atoms with Crippen LogP contribution in [-0.4, -0.2) is 82.0 Å². The van der Waals surface area contributed by atoms with Gasteiger partial charge in [0.1, 0.15) is 30.2 Å². The maximum atomic E-state index is 10.7. The quantitative estimate of drug-likeness (QED) is 0.305. The summed E-state index contributed by atoms with van der Waals surface area (Å²) in [4.78, 5) is 20.1. The summed E-state index contributed by atoms with van der Waals surface area (Å²) in [6, 6.07) is 11.9. The van der Waals surface area contributed by atoms with Crippen molar-refractivity contribution in [3.63, 3.8) is 0 Å². The van der Waals surface area contributed by atoms with Gasteiger partial charge in [-0.15, -0.1) is 6.42 Å². The van der Waals surface area contributed by atoms with Crippen molar-refractivity contribution in [1.29, 1.82) is 0 Å². The average Bonchev–Trinajstić information content (AvgIpc) is 3.57. The van der Waals surface area contributed by atoms with Crippen LogP contribution in [0.5, 0.6) is 17.6 Å². The van der Waals surface area contributed by atoms with Crippen LogP contribution in [0.25, 0.3) is 32.9 Å². The van der Waals surface area contributed by atoms with Crippen molar-refractivity contribution in [2.45, 2.75) is 63.1 Å². The van der Waals surface area contributed by atoms with E-state index in [1.165, 1.54) is 12.8 Å². The van der Waals surface area contributed by atoms with Crippen molar-refractivity contribution in [2.24, 2.45) is 0 Å². The molecule has 2 aromatic carbocycles. The number of rotatable bonds is 6. The Morgan fingerprint density at radius 2 is 1.98 bits per heavy atom. The van der Waals surface area contributed by atoms with Crippen LogP contribution in [-0.2, 0) is 0 Å². The van der Waals surface area contributed by atoms with E-state index in [1.54, 1.807) is 12.1 Å². The van der Waals surface area contributed by atoms with Crippen LogP contribution in [0, 0.1) is 12.3 Å². The largest absolute Gasteiger partial charge is 0.508 e. The number of phenols is 1. The Labute approximate surface area is 257 Å². The summed E-state index contributed by atoms with van der Waals surface area (Å²) >= 11 is 0. The van der Waals surface area contributed by atoms with E-state index >= 15 is 0 Å². The van der Waals surface area contributed by atoms with Crippen LogP contribution in [0.1, 0.15) is 51.0 Å².